The number of hydrogen-bond acceptors (Lipinski definition) is 8. The molecule has 1 saturated heterocycles. The van der Waals surface area contributed by atoms with Gasteiger partial charge in [0.15, 0.2) is 0 Å². The Bertz CT molecular complexity index is 1250. The number of amides is 1. The van der Waals surface area contributed by atoms with Gasteiger partial charge in [-0.05, 0) is 65.3 Å². The van der Waals surface area contributed by atoms with Gasteiger partial charge in [-0.1, -0.05) is 35.4 Å². The molecule has 0 saturated carbocycles. The fourth-order valence-electron chi connectivity index (χ4n) is 3.53. The number of hydrogen-bond donors (Lipinski definition) is 0. The zero-order valence-electron chi connectivity index (χ0n) is 20.4. The first-order valence-corrected chi connectivity index (χ1v) is 13.9. The molecule has 0 radical (unpaired) electrons. The van der Waals surface area contributed by atoms with Crippen LogP contribution in [-0.2, 0) is 33.3 Å². The molecule has 2 unspecified atom stereocenters. The van der Waals surface area contributed by atoms with E-state index in [0.717, 1.165) is 11.1 Å². The van der Waals surface area contributed by atoms with Gasteiger partial charge in [0.2, 0.25) is 0 Å². The van der Waals surface area contributed by atoms with Gasteiger partial charge in [0, 0.05) is 0 Å². The average molecular weight is 526 g/mol. The van der Waals surface area contributed by atoms with Crippen LogP contribution in [0.15, 0.2) is 58.3 Å². The minimum atomic E-state index is -4.10. The molecule has 0 bridgehead atoms. The lowest BCUT2D eigenvalue weighted by atomic mass is 10.2. The number of benzene rings is 2. The SMILES string of the molecule is Cc1ccc(S(=O)(=O)OCC2CC(OS(=O)(=O)c3ccc(C)cc3)CN2C(=O)OC(C)(C)C)cc1. The van der Waals surface area contributed by atoms with Crippen LogP contribution >= 0.6 is 0 Å². The number of ether oxygens (including phenoxy) is 1. The van der Waals surface area contributed by atoms with Crippen molar-refractivity contribution in [2.75, 3.05) is 13.2 Å². The van der Waals surface area contributed by atoms with E-state index in [0.29, 0.717) is 0 Å². The van der Waals surface area contributed by atoms with Gasteiger partial charge in [0.25, 0.3) is 20.2 Å². The molecular formula is C24H31NO8S2. The zero-order valence-corrected chi connectivity index (χ0v) is 22.1. The number of aryl methyl sites for hydroxylation is 2. The van der Waals surface area contributed by atoms with Gasteiger partial charge in [-0.2, -0.15) is 16.8 Å². The van der Waals surface area contributed by atoms with E-state index in [4.69, 9.17) is 13.1 Å². The van der Waals surface area contributed by atoms with Crippen LogP contribution in [0.1, 0.15) is 38.3 Å². The molecule has 3 rings (SSSR count). The molecular weight excluding hydrogens is 494 g/mol. The van der Waals surface area contributed by atoms with Crippen LogP contribution in [-0.4, -0.2) is 58.7 Å². The van der Waals surface area contributed by atoms with E-state index in [-0.39, 0.29) is 29.4 Å². The van der Waals surface area contributed by atoms with Gasteiger partial charge in [-0.3, -0.25) is 8.37 Å². The number of likely N-dealkylation sites (tertiary alicyclic amines) is 1. The summed E-state index contributed by atoms with van der Waals surface area (Å²) < 4.78 is 66.9. The van der Waals surface area contributed by atoms with Crippen LogP contribution in [0.4, 0.5) is 4.79 Å². The summed E-state index contributed by atoms with van der Waals surface area (Å²) in [6.45, 7) is 8.29. The maximum Gasteiger partial charge on any atom is 0.410 e. The minimum absolute atomic E-state index is 0.00596. The third-order valence-electron chi connectivity index (χ3n) is 5.30. The van der Waals surface area contributed by atoms with E-state index in [1.807, 2.05) is 13.8 Å². The molecule has 35 heavy (non-hydrogen) atoms. The van der Waals surface area contributed by atoms with Gasteiger partial charge >= 0.3 is 6.09 Å². The molecule has 1 fully saturated rings. The number of nitrogens with zero attached hydrogens (tertiary/aromatic N) is 1. The van der Waals surface area contributed by atoms with Crippen LogP contribution in [0, 0.1) is 13.8 Å². The van der Waals surface area contributed by atoms with E-state index in [1.54, 1.807) is 45.0 Å². The standard InChI is InChI=1S/C24H31NO8S2/c1-17-6-10-21(11-7-17)34(27,28)31-16-19-14-20(15-25(19)23(26)32-24(3,4)5)33-35(29,30)22-12-8-18(2)9-13-22/h6-13,19-20H,14-16H2,1-5H3. The van der Waals surface area contributed by atoms with E-state index >= 15 is 0 Å². The smallest absolute Gasteiger partial charge is 0.410 e. The molecule has 2 atom stereocenters. The number of rotatable bonds is 7. The quantitative estimate of drug-likeness (QED) is 0.501. The van der Waals surface area contributed by atoms with E-state index in [2.05, 4.69) is 0 Å². The summed E-state index contributed by atoms with van der Waals surface area (Å²) in [5.41, 5.74) is 0.988. The topological polar surface area (TPSA) is 116 Å². The first kappa shape index (κ1) is 27.1. The molecule has 1 amide bonds. The maximum absolute atomic E-state index is 12.8. The Kier molecular flexibility index (Phi) is 7.95. The van der Waals surface area contributed by atoms with Gasteiger partial charge in [0.1, 0.15) is 5.60 Å². The lowest BCUT2D eigenvalue weighted by Gasteiger charge is -2.28. The second-order valence-electron chi connectivity index (χ2n) is 9.56. The summed E-state index contributed by atoms with van der Waals surface area (Å²) in [4.78, 5) is 14.1. The average Bonchev–Trinajstić information content (AvgIpc) is 3.14. The minimum Gasteiger partial charge on any atom is -0.444 e. The Morgan fingerprint density at radius 1 is 0.886 bits per heavy atom. The number of carbonyl (C=O) groups is 1. The molecule has 0 spiro atoms. The first-order chi connectivity index (χ1) is 16.2. The monoisotopic (exact) mass is 525 g/mol. The normalized spacial score (nSPS) is 19.1. The van der Waals surface area contributed by atoms with E-state index in [9.17, 15) is 21.6 Å². The summed E-state index contributed by atoms with van der Waals surface area (Å²) >= 11 is 0. The maximum atomic E-state index is 12.8. The van der Waals surface area contributed by atoms with Crippen molar-refractivity contribution >= 4 is 26.3 Å². The fourth-order valence-corrected chi connectivity index (χ4v) is 5.55. The van der Waals surface area contributed by atoms with Crippen LogP contribution in [0.3, 0.4) is 0 Å². The third kappa shape index (κ3) is 7.26. The molecule has 2 aromatic carbocycles. The highest BCUT2D eigenvalue weighted by atomic mass is 32.2. The van der Waals surface area contributed by atoms with E-state index in [1.165, 1.54) is 29.2 Å². The molecule has 11 heteroatoms. The molecule has 0 aliphatic carbocycles. The summed E-state index contributed by atoms with van der Waals surface area (Å²) in [5.74, 6) is 0. The lowest BCUT2D eigenvalue weighted by Crippen LogP contribution is -2.42. The number of carbonyl (C=O) groups excluding carboxylic acids is 1. The predicted octanol–water partition coefficient (Wildman–Crippen LogP) is 3.79. The highest BCUT2D eigenvalue weighted by Crippen LogP contribution is 2.27. The van der Waals surface area contributed by atoms with Gasteiger partial charge in [-0.15, -0.1) is 0 Å². The summed E-state index contributed by atoms with van der Waals surface area (Å²) in [6.07, 6.45) is -1.56. The zero-order chi connectivity index (χ0) is 26.0. The highest BCUT2D eigenvalue weighted by Gasteiger charge is 2.41. The second kappa shape index (κ2) is 10.3. The van der Waals surface area contributed by atoms with Gasteiger partial charge in [-0.25, -0.2) is 4.79 Å². The fraction of sp³-hybridized carbons (Fsp3) is 0.458. The molecule has 1 aliphatic rings. The molecule has 192 valence electrons. The predicted molar refractivity (Wildman–Crippen MR) is 129 cm³/mol. The molecule has 1 heterocycles. The lowest BCUT2D eigenvalue weighted by molar-refractivity contribution is 0.0178. The van der Waals surface area contributed by atoms with Crippen LogP contribution in [0.25, 0.3) is 0 Å². The Hall–Kier alpha value is -2.47. The van der Waals surface area contributed by atoms with Crippen molar-refractivity contribution in [3.05, 3.63) is 59.7 Å². The Labute approximate surface area is 207 Å². The Morgan fingerprint density at radius 3 is 1.86 bits per heavy atom. The van der Waals surface area contributed by atoms with Crippen molar-refractivity contribution in [2.24, 2.45) is 0 Å². The van der Waals surface area contributed by atoms with Crippen molar-refractivity contribution in [2.45, 2.75) is 68.6 Å². The molecule has 0 N–H and O–H groups in total. The molecule has 9 nitrogen and oxygen atoms in total. The third-order valence-corrected chi connectivity index (χ3v) is 7.97. The largest absolute Gasteiger partial charge is 0.444 e. The highest BCUT2D eigenvalue weighted by molar-refractivity contribution is 7.87. The molecule has 2 aromatic rings. The van der Waals surface area contributed by atoms with Gasteiger partial charge < -0.3 is 9.64 Å². The second-order valence-corrected chi connectivity index (χ2v) is 12.7. The summed E-state index contributed by atoms with van der Waals surface area (Å²) in [6, 6.07) is 11.6. The van der Waals surface area contributed by atoms with Crippen molar-refractivity contribution in [3.63, 3.8) is 0 Å². The van der Waals surface area contributed by atoms with Crippen molar-refractivity contribution < 1.29 is 34.7 Å². The molecule has 0 aromatic heterocycles. The first-order valence-electron chi connectivity index (χ1n) is 11.1. The summed E-state index contributed by atoms with van der Waals surface area (Å²) in [5, 5.41) is 0. The van der Waals surface area contributed by atoms with Crippen molar-refractivity contribution in [1.29, 1.82) is 0 Å². The Morgan fingerprint density at radius 2 is 1.37 bits per heavy atom. The van der Waals surface area contributed by atoms with Gasteiger partial charge in [0.05, 0.1) is 35.1 Å². The van der Waals surface area contributed by atoms with Crippen LogP contribution < -0.4 is 0 Å². The van der Waals surface area contributed by atoms with Crippen molar-refractivity contribution in [1.82, 2.24) is 4.90 Å². The van der Waals surface area contributed by atoms with E-state index < -0.39 is 44.1 Å². The van der Waals surface area contributed by atoms with Crippen LogP contribution in [0.5, 0.6) is 0 Å². The van der Waals surface area contributed by atoms with Crippen LogP contribution in [0.2, 0.25) is 0 Å². The Balaban J connectivity index is 1.77. The summed E-state index contributed by atoms with van der Waals surface area (Å²) in [7, 11) is -8.18. The van der Waals surface area contributed by atoms with Crippen molar-refractivity contribution in [3.8, 4) is 0 Å². The molecule has 1 aliphatic heterocycles.